The molecule has 3 aromatic heterocycles. The largest absolute Gasteiger partial charge is 0.379 e. The van der Waals surface area contributed by atoms with Gasteiger partial charge in [-0.3, -0.25) is 14.0 Å². The zero-order valence-corrected chi connectivity index (χ0v) is 19.6. The fourth-order valence-corrected chi connectivity index (χ4v) is 3.71. The van der Waals surface area contributed by atoms with E-state index in [2.05, 4.69) is 16.0 Å². The number of benzene rings is 1. The molecule has 0 atom stereocenters. The maximum Gasteiger partial charge on any atom is 0.271 e. The number of aromatic nitrogens is 3. The van der Waals surface area contributed by atoms with Gasteiger partial charge in [-0.15, -0.1) is 0 Å². The summed E-state index contributed by atoms with van der Waals surface area (Å²) in [5.74, 6) is -0.519. The van der Waals surface area contributed by atoms with Gasteiger partial charge in [0.05, 0.1) is 17.1 Å². The molecule has 0 saturated carbocycles. The van der Waals surface area contributed by atoms with E-state index in [1.807, 2.05) is 44.2 Å². The lowest BCUT2D eigenvalue weighted by Gasteiger charge is -2.14. The van der Waals surface area contributed by atoms with Gasteiger partial charge in [0, 0.05) is 25.4 Å². The summed E-state index contributed by atoms with van der Waals surface area (Å²) in [7, 11) is 0. The topological polar surface area (TPSA) is 102 Å². The Kier molecular flexibility index (Phi) is 7.29. The molecule has 0 aliphatic heterocycles. The van der Waals surface area contributed by atoms with Crippen LogP contribution in [0.25, 0.3) is 22.8 Å². The summed E-state index contributed by atoms with van der Waals surface area (Å²) in [6.07, 6.45) is 5.31. The van der Waals surface area contributed by atoms with Crippen LogP contribution in [-0.4, -0.2) is 32.6 Å². The van der Waals surface area contributed by atoms with Gasteiger partial charge in [-0.25, -0.2) is 4.98 Å². The summed E-state index contributed by atoms with van der Waals surface area (Å²) in [4.78, 5) is 34.9. The number of nitrogens with zero attached hydrogens (tertiary/aromatic N) is 5. The summed E-state index contributed by atoms with van der Waals surface area (Å²) in [6, 6.07) is 18.2. The van der Waals surface area contributed by atoms with Crippen molar-refractivity contribution < 1.29 is 9.53 Å². The third-order valence-electron chi connectivity index (χ3n) is 5.32. The van der Waals surface area contributed by atoms with Gasteiger partial charge in [0.25, 0.3) is 11.5 Å². The first-order valence-corrected chi connectivity index (χ1v) is 11.4. The highest BCUT2D eigenvalue weighted by Crippen LogP contribution is 2.11. The summed E-state index contributed by atoms with van der Waals surface area (Å²) < 4.78 is 8.76. The summed E-state index contributed by atoms with van der Waals surface area (Å²) in [5, 5.41) is 10.1. The number of fused-ring (bicyclic) bond motifs is 2. The molecule has 0 N–H and O–H groups in total. The van der Waals surface area contributed by atoms with Crippen LogP contribution >= 0.6 is 0 Å². The molecule has 0 saturated heterocycles. The van der Waals surface area contributed by atoms with Gasteiger partial charge in [0.2, 0.25) is 0 Å². The normalized spacial score (nSPS) is 12.1. The molecule has 4 aromatic rings. The van der Waals surface area contributed by atoms with E-state index < -0.39 is 5.91 Å². The minimum atomic E-state index is -0.519. The van der Waals surface area contributed by atoms with Crippen molar-refractivity contribution in [1.29, 1.82) is 5.26 Å². The van der Waals surface area contributed by atoms with Crippen molar-refractivity contribution >= 4 is 28.7 Å². The van der Waals surface area contributed by atoms with Crippen LogP contribution < -0.4 is 11.0 Å². The van der Waals surface area contributed by atoms with Gasteiger partial charge in [-0.2, -0.15) is 10.3 Å². The Hall–Kier alpha value is -4.35. The maximum absolute atomic E-state index is 13.2. The van der Waals surface area contributed by atoms with Gasteiger partial charge in [-0.05, 0) is 50.1 Å². The fourth-order valence-electron chi connectivity index (χ4n) is 3.71. The molecule has 8 heteroatoms. The lowest BCUT2D eigenvalue weighted by Crippen LogP contribution is -2.30. The summed E-state index contributed by atoms with van der Waals surface area (Å²) in [5.41, 5.74) is 1.68. The van der Waals surface area contributed by atoms with Crippen LogP contribution in [0.1, 0.15) is 31.4 Å². The number of hydrogen-bond acceptors (Lipinski definition) is 5. The third kappa shape index (κ3) is 5.42. The first-order chi connectivity index (χ1) is 17.0. The number of pyridine rings is 2. The minimum Gasteiger partial charge on any atom is -0.379 e. The van der Waals surface area contributed by atoms with Crippen LogP contribution in [0, 0.1) is 11.3 Å². The molecule has 0 spiro atoms. The SMILES string of the molecule is CC(C)OCCCn1c(=NC(=O)C=Cc2ccccc2)c(C#N)cc2c(=O)n3ccccc3nc21. The number of carbonyl (C=O) groups is 1. The second-order valence-corrected chi connectivity index (χ2v) is 8.20. The zero-order chi connectivity index (χ0) is 24.8. The van der Waals surface area contributed by atoms with Crippen LogP contribution in [0.3, 0.4) is 0 Å². The number of ether oxygens (including phenoxy) is 1. The molecule has 35 heavy (non-hydrogen) atoms. The van der Waals surface area contributed by atoms with E-state index in [1.165, 1.54) is 16.5 Å². The predicted molar refractivity (Wildman–Crippen MR) is 133 cm³/mol. The molecule has 1 amide bonds. The lowest BCUT2D eigenvalue weighted by atomic mass is 10.2. The standard InChI is InChI=1S/C27H25N5O3/c1-19(2)35-16-8-15-32-25(30-24(33)13-12-20-9-4-3-5-10-20)21(18-28)17-22-26(32)29-23-11-6-7-14-31(23)27(22)34/h3-7,9-14,17,19H,8,15-16H2,1-2H3. The molecule has 4 rings (SSSR count). The number of amides is 1. The number of aryl methyl sites for hydroxylation is 1. The second kappa shape index (κ2) is 10.7. The molecule has 0 fully saturated rings. The predicted octanol–water partition coefficient (Wildman–Crippen LogP) is 3.48. The maximum atomic E-state index is 13.2. The van der Waals surface area contributed by atoms with E-state index in [4.69, 9.17) is 4.74 Å². The number of nitriles is 1. The Morgan fingerprint density at radius 3 is 2.71 bits per heavy atom. The molecule has 8 nitrogen and oxygen atoms in total. The lowest BCUT2D eigenvalue weighted by molar-refractivity contribution is -0.113. The first kappa shape index (κ1) is 23.8. The number of carbonyl (C=O) groups excluding carboxylic acids is 1. The van der Waals surface area contributed by atoms with Gasteiger partial charge in [-0.1, -0.05) is 36.4 Å². The van der Waals surface area contributed by atoms with Crippen LogP contribution in [-0.2, 0) is 16.1 Å². The highest BCUT2D eigenvalue weighted by Gasteiger charge is 2.14. The van der Waals surface area contributed by atoms with Crippen LogP contribution in [0.4, 0.5) is 0 Å². The molecule has 0 unspecified atom stereocenters. The molecule has 0 aliphatic carbocycles. The van der Waals surface area contributed by atoms with Crippen LogP contribution in [0.15, 0.2) is 76.7 Å². The monoisotopic (exact) mass is 467 g/mol. The van der Waals surface area contributed by atoms with E-state index in [1.54, 1.807) is 35.0 Å². The molecule has 0 radical (unpaired) electrons. The van der Waals surface area contributed by atoms with Crippen molar-refractivity contribution in [2.45, 2.75) is 32.9 Å². The van der Waals surface area contributed by atoms with Gasteiger partial charge >= 0.3 is 0 Å². The van der Waals surface area contributed by atoms with Crippen molar-refractivity contribution in [3.05, 3.63) is 93.8 Å². The van der Waals surface area contributed by atoms with E-state index in [0.717, 1.165) is 5.56 Å². The molecular weight excluding hydrogens is 442 g/mol. The van der Waals surface area contributed by atoms with Gasteiger partial charge in [0.15, 0.2) is 5.49 Å². The molecule has 1 aromatic carbocycles. The van der Waals surface area contributed by atoms with Crippen molar-refractivity contribution in [2.24, 2.45) is 4.99 Å². The van der Waals surface area contributed by atoms with Gasteiger partial charge < -0.3 is 9.30 Å². The molecular formula is C27H25N5O3. The molecule has 3 heterocycles. The first-order valence-electron chi connectivity index (χ1n) is 11.4. The third-order valence-corrected chi connectivity index (χ3v) is 5.32. The number of rotatable bonds is 7. The summed E-state index contributed by atoms with van der Waals surface area (Å²) in [6.45, 7) is 4.73. The van der Waals surface area contributed by atoms with E-state index >= 15 is 0 Å². The summed E-state index contributed by atoms with van der Waals surface area (Å²) >= 11 is 0. The van der Waals surface area contributed by atoms with Gasteiger partial charge in [0.1, 0.15) is 17.4 Å². The quantitative estimate of drug-likeness (QED) is 0.235. The average molecular weight is 468 g/mol. The Morgan fingerprint density at radius 1 is 1.20 bits per heavy atom. The highest BCUT2D eigenvalue weighted by atomic mass is 16.5. The number of hydrogen-bond donors (Lipinski definition) is 0. The Labute approximate surface area is 202 Å². The van der Waals surface area contributed by atoms with Crippen molar-refractivity contribution in [3.8, 4) is 6.07 Å². The van der Waals surface area contributed by atoms with Crippen molar-refractivity contribution in [2.75, 3.05) is 6.61 Å². The Bertz CT molecular complexity index is 1570. The van der Waals surface area contributed by atoms with Crippen molar-refractivity contribution in [1.82, 2.24) is 14.0 Å². The van der Waals surface area contributed by atoms with E-state index in [0.29, 0.717) is 30.9 Å². The van der Waals surface area contributed by atoms with Crippen LogP contribution in [0.5, 0.6) is 0 Å². The average Bonchev–Trinajstić information content (AvgIpc) is 2.87. The molecule has 0 aliphatic rings. The van der Waals surface area contributed by atoms with E-state index in [-0.39, 0.29) is 28.1 Å². The van der Waals surface area contributed by atoms with Crippen LogP contribution in [0.2, 0.25) is 0 Å². The van der Waals surface area contributed by atoms with E-state index in [9.17, 15) is 14.9 Å². The fraction of sp³-hybridized carbons (Fsp3) is 0.222. The molecule has 176 valence electrons. The second-order valence-electron chi connectivity index (χ2n) is 8.20. The Morgan fingerprint density at radius 2 is 1.97 bits per heavy atom. The minimum absolute atomic E-state index is 0.0720. The van der Waals surface area contributed by atoms with Crippen molar-refractivity contribution in [3.63, 3.8) is 0 Å². The smallest absolute Gasteiger partial charge is 0.271 e. The zero-order valence-electron chi connectivity index (χ0n) is 19.6. The Balaban J connectivity index is 1.89. The molecule has 0 bridgehead atoms. The highest BCUT2D eigenvalue weighted by molar-refractivity contribution is 5.92.